The molecule has 8 nitrogen and oxygen atoms in total. The molecule has 1 aromatic heterocycles. The Bertz CT molecular complexity index is 1100. The number of aromatic nitrogens is 2. The molecular weight excluding hydrogens is 386 g/mol. The van der Waals surface area contributed by atoms with E-state index < -0.39 is 29.6 Å². The molecule has 0 bridgehead atoms. The zero-order valence-corrected chi connectivity index (χ0v) is 17.4. The topological polar surface area (TPSA) is 113 Å². The van der Waals surface area contributed by atoms with Crippen LogP contribution >= 0.6 is 0 Å². The molecule has 0 saturated carbocycles. The van der Waals surface area contributed by atoms with Gasteiger partial charge in [-0.15, -0.1) is 0 Å². The van der Waals surface area contributed by atoms with Gasteiger partial charge in [0.15, 0.2) is 6.61 Å². The Hall–Kier alpha value is -3.16. The number of nitrogens with zero attached hydrogens (tertiary/aromatic N) is 2. The predicted octanol–water partition coefficient (Wildman–Crippen LogP) is 1.39. The lowest BCUT2D eigenvalue weighted by atomic mass is 9.90. The monoisotopic (exact) mass is 413 g/mol. The third-order valence-electron chi connectivity index (χ3n) is 5.43. The zero-order chi connectivity index (χ0) is 21.8. The fourth-order valence-corrected chi connectivity index (χ4v) is 3.82. The summed E-state index contributed by atoms with van der Waals surface area (Å²) in [5.74, 6) is -1.48. The van der Waals surface area contributed by atoms with Crippen LogP contribution in [0.5, 0.6) is 0 Å². The molecule has 8 heteroatoms. The van der Waals surface area contributed by atoms with Crippen molar-refractivity contribution < 1.29 is 14.3 Å². The number of nitrogen functional groups attached to an aromatic ring is 1. The van der Waals surface area contributed by atoms with E-state index in [2.05, 4.69) is 0 Å². The number of hydrogen-bond donors (Lipinski definition) is 1. The fourth-order valence-electron chi connectivity index (χ4n) is 3.82. The molecule has 0 unspecified atom stereocenters. The van der Waals surface area contributed by atoms with Crippen LogP contribution in [0, 0.1) is 0 Å². The molecule has 0 fully saturated rings. The van der Waals surface area contributed by atoms with Crippen LogP contribution < -0.4 is 17.0 Å². The van der Waals surface area contributed by atoms with E-state index in [1.807, 2.05) is 25.1 Å². The number of Topliss-reactive ketones (excluding diaryl/α,β-unsaturated/α-hetero) is 1. The number of nitrogens with two attached hydrogens (primary N) is 1. The maximum atomic E-state index is 12.6. The molecule has 0 radical (unpaired) electrons. The van der Waals surface area contributed by atoms with Crippen LogP contribution in [0.1, 0.15) is 53.2 Å². The molecule has 1 heterocycles. The molecule has 2 N–H and O–H groups in total. The highest BCUT2D eigenvalue weighted by Crippen LogP contribution is 2.22. The van der Waals surface area contributed by atoms with E-state index in [1.54, 1.807) is 0 Å². The molecule has 0 spiro atoms. The standard InChI is InChI=1S/C22H27N3O5/c1-3-10-25-20(23)19(21(28)24(2)22(25)29)17(26)13-30-18(27)12-14-8-9-15-6-4-5-7-16(15)11-14/h8-9,11H,3-7,10,12-13,23H2,1-2H3. The number of rotatable bonds is 7. The quantitative estimate of drug-likeness (QED) is 0.542. The second-order valence-corrected chi connectivity index (χ2v) is 7.63. The number of anilines is 1. The SMILES string of the molecule is CCCn1c(N)c(C(=O)COC(=O)Cc2ccc3c(c2)CCCC3)c(=O)n(C)c1=O. The average molecular weight is 413 g/mol. The third-order valence-corrected chi connectivity index (χ3v) is 5.43. The van der Waals surface area contributed by atoms with Gasteiger partial charge in [0.05, 0.1) is 6.42 Å². The number of ketones is 1. The molecule has 0 amide bonds. The highest BCUT2D eigenvalue weighted by atomic mass is 16.5. The van der Waals surface area contributed by atoms with Crippen molar-refractivity contribution in [3.63, 3.8) is 0 Å². The van der Waals surface area contributed by atoms with Crippen molar-refractivity contribution in [1.82, 2.24) is 9.13 Å². The van der Waals surface area contributed by atoms with Crippen molar-refractivity contribution in [3.05, 3.63) is 61.3 Å². The minimum atomic E-state index is -0.791. The van der Waals surface area contributed by atoms with Crippen LogP contribution in [0.4, 0.5) is 5.82 Å². The van der Waals surface area contributed by atoms with E-state index in [9.17, 15) is 19.2 Å². The Morgan fingerprint density at radius 1 is 1.13 bits per heavy atom. The highest BCUT2D eigenvalue weighted by Gasteiger charge is 2.22. The van der Waals surface area contributed by atoms with Gasteiger partial charge in [0.2, 0.25) is 5.78 Å². The minimum Gasteiger partial charge on any atom is -0.457 e. The van der Waals surface area contributed by atoms with Gasteiger partial charge in [0.1, 0.15) is 11.4 Å². The number of ether oxygens (including phenoxy) is 1. The van der Waals surface area contributed by atoms with Crippen LogP contribution in [0.2, 0.25) is 0 Å². The second kappa shape index (κ2) is 9.11. The summed E-state index contributed by atoms with van der Waals surface area (Å²) in [7, 11) is 1.29. The summed E-state index contributed by atoms with van der Waals surface area (Å²) in [5.41, 5.74) is 7.64. The van der Waals surface area contributed by atoms with Gasteiger partial charge in [-0.2, -0.15) is 0 Å². The van der Waals surface area contributed by atoms with Crippen LogP contribution in [0.15, 0.2) is 27.8 Å². The average Bonchev–Trinajstić information content (AvgIpc) is 2.74. The van der Waals surface area contributed by atoms with E-state index in [4.69, 9.17) is 10.5 Å². The van der Waals surface area contributed by atoms with Crippen molar-refractivity contribution in [2.45, 2.75) is 52.0 Å². The van der Waals surface area contributed by atoms with Gasteiger partial charge >= 0.3 is 11.7 Å². The van der Waals surface area contributed by atoms with Gasteiger partial charge in [-0.3, -0.25) is 23.5 Å². The summed E-state index contributed by atoms with van der Waals surface area (Å²) in [6, 6.07) is 5.97. The van der Waals surface area contributed by atoms with Gasteiger partial charge in [0, 0.05) is 13.6 Å². The van der Waals surface area contributed by atoms with Gasteiger partial charge in [-0.1, -0.05) is 25.1 Å². The lowest BCUT2D eigenvalue weighted by Crippen LogP contribution is -2.43. The lowest BCUT2D eigenvalue weighted by Gasteiger charge is -2.16. The number of esters is 1. The molecule has 3 rings (SSSR count). The van der Waals surface area contributed by atoms with Gasteiger partial charge in [-0.05, 0) is 48.8 Å². The van der Waals surface area contributed by atoms with E-state index >= 15 is 0 Å². The first-order chi connectivity index (χ1) is 14.3. The van der Waals surface area contributed by atoms with Crippen molar-refractivity contribution in [2.75, 3.05) is 12.3 Å². The van der Waals surface area contributed by atoms with E-state index in [1.165, 1.54) is 29.2 Å². The summed E-state index contributed by atoms with van der Waals surface area (Å²) in [6.07, 6.45) is 5.05. The molecule has 1 aliphatic carbocycles. The maximum Gasteiger partial charge on any atom is 0.332 e. The molecule has 0 aliphatic heterocycles. The smallest absolute Gasteiger partial charge is 0.332 e. The Balaban J connectivity index is 1.70. The third kappa shape index (κ3) is 4.37. The van der Waals surface area contributed by atoms with Crippen LogP contribution in [0.25, 0.3) is 0 Å². The Kier molecular flexibility index (Phi) is 6.54. The minimum absolute atomic E-state index is 0.0450. The molecule has 0 atom stereocenters. The fraction of sp³-hybridized carbons (Fsp3) is 0.455. The van der Waals surface area contributed by atoms with Crippen molar-refractivity contribution >= 4 is 17.6 Å². The van der Waals surface area contributed by atoms with Crippen molar-refractivity contribution in [2.24, 2.45) is 7.05 Å². The number of aryl methyl sites for hydroxylation is 2. The van der Waals surface area contributed by atoms with Crippen LogP contribution in [-0.2, 0) is 42.4 Å². The van der Waals surface area contributed by atoms with Gasteiger partial charge < -0.3 is 10.5 Å². The highest BCUT2D eigenvalue weighted by molar-refractivity contribution is 6.01. The summed E-state index contributed by atoms with van der Waals surface area (Å²) in [4.78, 5) is 49.4. The number of hydrogen-bond acceptors (Lipinski definition) is 6. The first-order valence-electron chi connectivity index (χ1n) is 10.2. The van der Waals surface area contributed by atoms with Gasteiger partial charge in [0.25, 0.3) is 5.56 Å². The van der Waals surface area contributed by atoms with Crippen LogP contribution in [-0.4, -0.2) is 27.5 Å². The first-order valence-corrected chi connectivity index (χ1v) is 10.2. The van der Waals surface area contributed by atoms with Crippen molar-refractivity contribution in [3.8, 4) is 0 Å². The maximum absolute atomic E-state index is 12.6. The Morgan fingerprint density at radius 2 is 1.83 bits per heavy atom. The second-order valence-electron chi connectivity index (χ2n) is 7.63. The molecule has 1 aromatic carbocycles. The van der Waals surface area contributed by atoms with E-state index in [-0.39, 0.29) is 24.3 Å². The molecule has 1 aliphatic rings. The van der Waals surface area contributed by atoms with E-state index in [0.29, 0.717) is 6.42 Å². The molecule has 0 saturated heterocycles. The van der Waals surface area contributed by atoms with E-state index in [0.717, 1.165) is 29.4 Å². The summed E-state index contributed by atoms with van der Waals surface area (Å²) < 4.78 is 7.13. The number of carbonyl (C=O) groups is 2. The summed E-state index contributed by atoms with van der Waals surface area (Å²) >= 11 is 0. The molecule has 2 aromatic rings. The van der Waals surface area contributed by atoms with Crippen molar-refractivity contribution in [1.29, 1.82) is 0 Å². The molecule has 30 heavy (non-hydrogen) atoms. The summed E-state index contributed by atoms with van der Waals surface area (Å²) in [6.45, 7) is 1.52. The van der Waals surface area contributed by atoms with Gasteiger partial charge in [-0.25, -0.2) is 4.79 Å². The summed E-state index contributed by atoms with van der Waals surface area (Å²) in [5, 5.41) is 0. The first kappa shape index (κ1) is 21.5. The van der Waals surface area contributed by atoms with Crippen LogP contribution in [0.3, 0.4) is 0 Å². The normalized spacial score (nSPS) is 13.0. The molecular formula is C22H27N3O5. The zero-order valence-electron chi connectivity index (χ0n) is 17.4. The Morgan fingerprint density at radius 3 is 2.53 bits per heavy atom. The number of carbonyl (C=O) groups excluding carboxylic acids is 2. The number of benzene rings is 1. The lowest BCUT2D eigenvalue weighted by molar-refractivity contribution is -0.141. The largest absolute Gasteiger partial charge is 0.457 e. The Labute approximate surface area is 174 Å². The predicted molar refractivity (Wildman–Crippen MR) is 113 cm³/mol. The molecule has 160 valence electrons. The number of fused-ring (bicyclic) bond motifs is 1.